The van der Waals surface area contributed by atoms with Crippen molar-refractivity contribution in [3.8, 4) is 11.5 Å². The third-order valence-corrected chi connectivity index (χ3v) is 3.39. The second-order valence-corrected chi connectivity index (χ2v) is 5.35. The Bertz CT molecular complexity index is 573. The van der Waals surface area contributed by atoms with Crippen molar-refractivity contribution < 1.29 is 4.74 Å². The molecule has 0 radical (unpaired) electrons. The Morgan fingerprint density at radius 3 is 2.53 bits per heavy atom. The maximum absolute atomic E-state index is 6.13. The van der Waals surface area contributed by atoms with Gasteiger partial charge in [-0.25, -0.2) is 0 Å². The van der Waals surface area contributed by atoms with Gasteiger partial charge in [0, 0.05) is 0 Å². The molecule has 0 aliphatic carbocycles. The standard InChI is InChI=1S/C16H18ClNO/c1-10(2)12-8-7-11(3)15(9-12)19-16-13(17)5-4-6-14(16)18/h4-10H,18H2,1-3H3. The zero-order valence-electron chi connectivity index (χ0n) is 11.4. The number of hydrogen-bond donors (Lipinski definition) is 1. The molecule has 2 rings (SSSR count). The van der Waals surface area contributed by atoms with Crippen LogP contribution in [-0.2, 0) is 0 Å². The lowest BCUT2D eigenvalue weighted by Crippen LogP contribution is -1.96. The number of rotatable bonds is 3. The van der Waals surface area contributed by atoms with Gasteiger partial charge in [0.2, 0.25) is 0 Å². The zero-order chi connectivity index (χ0) is 14.0. The number of nitrogen functional groups attached to an aromatic ring is 1. The van der Waals surface area contributed by atoms with Gasteiger partial charge in [0.1, 0.15) is 5.75 Å². The molecule has 0 saturated heterocycles. The van der Waals surface area contributed by atoms with Gasteiger partial charge < -0.3 is 10.5 Å². The Hall–Kier alpha value is -1.67. The van der Waals surface area contributed by atoms with Crippen molar-refractivity contribution in [3.63, 3.8) is 0 Å². The predicted octanol–water partition coefficient (Wildman–Crippen LogP) is 5.15. The summed E-state index contributed by atoms with van der Waals surface area (Å²) in [6, 6.07) is 11.6. The molecule has 0 amide bonds. The highest BCUT2D eigenvalue weighted by Gasteiger charge is 2.10. The molecule has 2 aromatic rings. The summed E-state index contributed by atoms with van der Waals surface area (Å²) in [5.41, 5.74) is 8.74. The normalized spacial score (nSPS) is 10.8. The van der Waals surface area contributed by atoms with Crippen LogP contribution in [0.4, 0.5) is 5.69 Å². The molecule has 2 nitrogen and oxygen atoms in total. The van der Waals surface area contributed by atoms with Crippen LogP contribution >= 0.6 is 11.6 Å². The number of aryl methyl sites for hydroxylation is 1. The van der Waals surface area contributed by atoms with E-state index in [2.05, 4.69) is 26.0 Å². The fraction of sp³-hybridized carbons (Fsp3) is 0.250. The summed E-state index contributed by atoms with van der Waals surface area (Å²) in [6.45, 7) is 6.31. The summed E-state index contributed by atoms with van der Waals surface area (Å²) in [4.78, 5) is 0. The zero-order valence-corrected chi connectivity index (χ0v) is 12.2. The lowest BCUT2D eigenvalue weighted by atomic mass is 10.0. The van der Waals surface area contributed by atoms with E-state index in [-0.39, 0.29) is 0 Å². The lowest BCUT2D eigenvalue weighted by molar-refractivity contribution is 0.480. The van der Waals surface area contributed by atoms with E-state index in [9.17, 15) is 0 Å². The van der Waals surface area contributed by atoms with Gasteiger partial charge in [0.15, 0.2) is 5.75 Å². The van der Waals surface area contributed by atoms with E-state index in [1.165, 1.54) is 5.56 Å². The van der Waals surface area contributed by atoms with Crippen LogP contribution in [0.5, 0.6) is 11.5 Å². The molecule has 0 atom stereocenters. The Kier molecular flexibility index (Phi) is 4.01. The highest BCUT2D eigenvalue weighted by molar-refractivity contribution is 6.32. The number of nitrogens with two attached hydrogens (primary N) is 1. The van der Waals surface area contributed by atoms with E-state index in [0.29, 0.717) is 22.4 Å². The molecular formula is C16H18ClNO. The van der Waals surface area contributed by atoms with Gasteiger partial charge in [-0.1, -0.05) is 43.6 Å². The minimum Gasteiger partial charge on any atom is -0.453 e. The van der Waals surface area contributed by atoms with Gasteiger partial charge in [-0.3, -0.25) is 0 Å². The van der Waals surface area contributed by atoms with Crippen molar-refractivity contribution in [2.24, 2.45) is 0 Å². The van der Waals surface area contributed by atoms with Gasteiger partial charge in [0.25, 0.3) is 0 Å². The maximum Gasteiger partial charge on any atom is 0.168 e. The van der Waals surface area contributed by atoms with Gasteiger partial charge in [-0.2, -0.15) is 0 Å². The largest absolute Gasteiger partial charge is 0.453 e. The van der Waals surface area contributed by atoms with Crippen LogP contribution in [0, 0.1) is 6.92 Å². The first-order valence-corrected chi connectivity index (χ1v) is 6.69. The van der Waals surface area contributed by atoms with E-state index in [1.54, 1.807) is 12.1 Å². The molecule has 0 aromatic heterocycles. The molecule has 0 bridgehead atoms. The molecule has 0 fully saturated rings. The van der Waals surface area contributed by atoms with E-state index in [1.807, 2.05) is 19.1 Å². The molecule has 0 heterocycles. The summed E-state index contributed by atoms with van der Waals surface area (Å²) in [7, 11) is 0. The number of para-hydroxylation sites is 1. The summed E-state index contributed by atoms with van der Waals surface area (Å²) in [5, 5.41) is 0.523. The van der Waals surface area contributed by atoms with Gasteiger partial charge >= 0.3 is 0 Å². The molecule has 100 valence electrons. The highest BCUT2D eigenvalue weighted by atomic mass is 35.5. The van der Waals surface area contributed by atoms with E-state index in [4.69, 9.17) is 22.1 Å². The maximum atomic E-state index is 6.13. The Balaban J connectivity index is 2.40. The molecule has 3 heteroatoms. The van der Waals surface area contributed by atoms with E-state index < -0.39 is 0 Å². The van der Waals surface area contributed by atoms with Crippen molar-refractivity contribution in [2.45, 2.75) is 26.7 Å². The number of benzene rings is 2. The van der Waals surface area contributed by atoms with Crippen LogP contribution in [0.25, 0.3) is 0 Å². The van der Waals surface area contributed by atoms with Crippen LogP contribution in [-0.4, -0.2) is 0 Å². The first-order valence-electron chi connectivity index (χ1n) is 6.31. The summed E-state index contributed by atoms with van der Waals surface area (Å²) >= 11 is 6.13. The van der Waals surface area contributed by atoms with E-state index >= 15 is 0 Å². The van der Waals surface area contributed by atoms with Crippen molar-refractivity contribution in [1.29, 1.82) is 0 Å². The lowest BCUT2D eigenvalue weighted by Gasteiger charge is -2.14. The number of anilines is 1. The molecule has 19 heavy (non-hydrogen) atoms. The smallest absolute Gasteiger partial charge is 0.168 e. The van der Waals surface area contributed by atoms with Crippen LogP contribution in [0.1, 0.15) is 30.9 Å². The molecular weight excluding hydrogens is 258 g/mol. The van der Waals surface area contributed by atoms with Crippen molar-refractivity contribution in [1.82, 2.24) is 0 Å². The first kappa shape index (κ1) is 13.8. The number of hydrogen-bond acceptors (Lipinski definition) is 2. The average molecular weight is 276 g/mol. The Labute approximate surface area is 119 Å². The van der Waals surface area contributed by atoms with Crippen molar-refractivity contribution in [3.05, 3.63) is 52.5 Å². The molecule has 2 N–H and O–H groups in total. The number of ether oxygens (including phenoxy) is 1. The topological polar surface area (TPSA) is 35.2 Å². The summed E-state index contributed by atoms with van der Waals surface area (Å²) < 4.78 is 5.90. The fourth-order valence-electron chi connectivity index (χ4n) is 1.83. The van der Waals surface area contributed by atoms with E-state index in [0.717, 1.165) is 11.3 Å². The Morgan fingerprint density at radius 2 is 1.89 bits per heavy atom. The Morgan fingerprint density at radius 1 is 1.16 bits per heavy atom. The highest BCUT2D eigenvalue weighted by Crippen LogP contribution is 2.36. The fourth-order valence-corrected chi connectivity index (χ4v) is 2.05. The van der Waals surface area contributed by atoms with Gasteiger partial charge in [0.05, 0.1) is 10.7 Å². The molecule has 0 unspecified atom stereocenters. The van der Waals surface area contributed by atoms with Gasteiger partial charge in [-0.15, -0.1) is 0 Å². The van der Waals surface area contributed by atoms with Crippen LogP contribution in [0.15, 0.2) is 36.4 Å². The second-order valence-electron chi connectivity index (χ2n) is 4.94. The minimum atomic E-state index is 0.451. The van der Waals surface area contributed by atoms with Gasteiger partial charge in [-0.05, 0) is 42.2 Å². The van der Waals surface area contributed by atoms with Crippen molar-refractivity contribution >= 4 is 17.3 Å². The first-order chi connectivity index (χ1) is 8.99. The minimum absolute atomic E-state index is 0.451. The molecule has 2 aromatic carbocycles. The quantitative estimate of drug-likeness (QED) is 0.787. The SMILES string of the molecule is Cc1ccc(C(C)C)cc1Oc1c(N)cccc1Cl. The third kappa shape index (κ3) is 3.02. The van der Waals surface area contributed by atoms with Crippen molar-refractivity contribution in [2.75, 3.05) is 5.73 Å². The summed E-state index contributed by atoms with van der Waals surface area (Å²) in [5.74, 6) is 1.77. The molecule has 0 spiro atoms. The summed E-state index contributed by atoms with van der Waals surface area (Å²) in [6.07, 6.45) is 0. The molecule has 0 aliphatic heterocycles. The predicted molar refractivity (Wildman–Crippen MR) is 81.2 cm³/mol. The monoisotopic (exact) mass is 275 g/mol. The average Bonchev–Trinajstić information content (AvgIpc) is 2.35. The second kappa shape index (κ2) is 5.54. The van der Waals surface area contributed by atoms with Crippen LogP contribution < -0.4 is 10.5 Å². The third-order valence-electron chi connectivity index (χ3n) is 3.09. The van der Waals surface area contributed by atoms with Crippen LogP contribution in [0.2, 0.25) is 5.02 Å². The van der Waals surface area contributed by atoms with Crippen LogP contribution in [0.3, 0.4) is 0 Å². The molecule has 0 aliphatic rings. The number of halogens is 1. The molecule has 0 saturated carbocycles.